The van der Waals surface area contributed by atoms with Gasteiger partial charge >= 0.3 is 5.97 Å². The molecule has 27 heavy (non-hydrogen) atoms. The van der Waals surface area contributed by atoms with Crippen LogP contribution in [-0.2, 0) is 16.1 Å². The maximum absolute atomic E-state index is 12.6. The zero-order valence-electron chi connectivity index (χ0n) is 13.6. The van der Waals surface area contributed by atoms with Gasteiger partial charge in [-0.2, -0.15) is 4.99 Å². The highest BCUT2D eigenvalue weighted by molar-refractivity contribution is 7.16. The fourth-order valence-corrected chi connectivity index (χ4v) is 4.54. The number of nitrogens with zero attached hydrogens (tertiary/aromatic N) is 2. The molecule has 0 atom stereocenters. The van der Waals surface area contributed by atoms with E-state index in [4.69, 9.17) is 51.1 Å². The quantitative estimate of drug-likeness (QED) is 0.499. The Kier molecular flexibility index (Phi) is 6.13. The van der Waals surface area contributed by atoms with Crippen molar-refractivity contribution < 1.29 is 14.3 Å². The minimum absolute atomic E-state index is 0.148. The normalized spacial score (nSPS) is 11.8. The Labute approximate surface area is 177 Å². The Bertz CT molecular complexity index is 1140. The number of esters is 1. The molecule has 0 aliphatic carbocycles. The highest BCUT2D eigenvalue weighted by Gasteiger charge is 2.16. The second kappa shape index (κ2) is 8.20. The fraction of sp³-hybridized carbons (Fsp3) is 0.118. The second-order valence-electron chi connectivity index (χ2n) is 5.32. The van der Waals surface area contributed by atoms with Crippen LogP contribution in [0.2, 0.25) is 20.1 Å². The van der Waals surface area contributed by atoms with E-state index < -0.39 is 11.9 Å². The molecule has 0 unspecified atom stereocenters. The molecule has 140 valence electrons. The Balaban J connectivity index is 2.23. The van der Waals surface area contributed by atoms with Gasteiger partial charge in [0.1, 0.15) is 6.54 Å². The number of carbonyl (C=O) groups excluding carboxylic acids is 2. The third-order valence-electron chi connectivity index (χ3n) is 3.57. The minimum Gasteiger partial charge on any atom is -0.468 e. The Morgan fingerprint density at radius 2 is 1.81 bits per heavy atom. The van der Waals surface area contributed by atoms with Crippen LogP contribution in [0.15, 0.2) is 35.3 Å². The van der Waals surface area contributed by atoms with Crippen molar-refractivity contribution in [1.82, 2.24) is 4.57 Å². The molecule has 0 N–H and O–H groups in total. The van der Waals surface area contributed by atoms with E-state index in [9.17, 15) is 9.59 Å². The van der Waals surface area contributed by atoms with Crippen molar-refractivity contribution in [3.63, 3.8) is 0 Å². The number of ether oxygens (including phenoxy) is 1. The van der Waals surface area contributed by atoms with Crippen molar-refractivity contribution in [2.75, 3.05) is 7.11 Å². The van der Waals surface area contributed by atoms with Crippen molar-refractivity contribution in [1.29, 1.82) is 0 Å². The van der Waals surface area contributed by atoms with Crippen LogP contribution < -0.4 is 4.80 Å². The lowest BCUT2D eigenvalue weighted by Crippen LogP contribution is -2.22. The third-order valence-corrected chi connectivity index (χ3v) is 5.66. The molecule has 0 fully saturated rings. The average Bonchev–Trinajstić information content (AvgIpc) is 2.93. The molecule has 1 heterocycles. The molecule has 0 spiro atoms. The molecule has 1 amide bonds. The van der Waals surface area contributed by atoms with Gasteiger partial charge in [-0.25, -0.2) is 0 Å². The molecule has 1 aromatic heterocycles. The van der Waals surface area contributed by atoms with E-state index in [0.29, 0.717) is 25.3 Å². The molecule has 3 aromatic rings. The monoisotopic (exact) mass is 462 g/mol. The number of rotatable bonds is 3. The predicted octanol–water partition coefficient (Wildman–Crippen LogP) is 5.23. The summed E-state index contributed by atoms with van der Waals surface area (Å²) in [7, 11) is 1.27. The van der Waals surface area contributed by atoms with Gasteiger partial charge in [-0.15, -0.1) is 0 Å². The van der Waals surface area contributed by atoms with Crippen LogP contribution in [0.5, 0.6) is 0 Å². The maximum atomic E-state index is 12.6. The highest BCUT2D eigenvalue weighted by atomic mass is 35.5. The van der Waals surface area contributed by atoms with Crippen LogP contribution in [0.3, 0.4) is 0 Å². The molecule has 10 heteroatoms. The van der Waals surface area contributed by atoms with Crippen LogP contribution in [0, 0.1) is 0 Å². The van der Waals surface area contributed by atoms with E-state index >= 15 is 0 Å². The first-order valence-electron chi connectivity index (χ1n) is 7.39. The largest absolute Gasteiger partial charge is 0.468 e. The van der Waals surface area contributed by atoms with E-state index in [1.54, 1.807) is 18.2 Å². The molecule has 0 saturated carbocycles. The lowest BCUT2D eigenvalue weighted by molar-refractivity contribution is -0.141. The summed E-state index contributed by atoms with van der Waals surface area (Å²) in [6, 6.07) is 7.73. The highest BCUT2D eigenvalue weighted by Crippen LogP contribution is 2.30. The van der Waals surface area contributed by atoms with Gasteiger partial charge in [0, 0.05) is 10.0 Å². The standard InChI is InChI=1S/C17H10Cl4N2O3S/c1-26-14(24)7-23-15-12(21)5-9(19)6-13(15)27-17(23)22-16(25)10-4-8(18)2-3-11(10)20/h2-6H,7H2,1H3. The summed E-state index contributed by atoms with van der Waals surface area (Å²) >= 11 is 25.5. The zero-order chi connectivity index (χ0) is 19.7. The van der Waals surface area contributed by atoms with Crippen molar-refractivity contribution >= 4 is 79.8 Å². The summed E-state index contributed by atoms with van der Waals surface area (Å²) in [5.41, 5.74) is 0.676. The Morgan fingerprint density at radius 3 is 2.52 bits per heavy atom. The van der Waals surface area contributed by atoms with E-state index in [0.717, 1.165) is 11.3 Å². The lowest BCUT2D eigenvalue weighted by atomic mass is 10.2. The molecule has 3 rings (SSSR count). The molecule has 0 bridgehead atoms. The predicted molar refractivity (Wildman–Crippen MR) is 108 cm³/mol. The summed E-state index contributed by atoms with van der Waals surface area (Å²) in [6.07, 6.45) is 0. The van der Waals surface area contributed by atoms with Crippen LogP contribution >= 0.6 is 57.7 Å². The number of benzene rings is 2. The van der Waals surface area contributed by atoms with Crippen molar-refractivity contribution in [3.8, 4) is 0 Å². The van der Waals surface area contributed by atoms with E-state index in [1.165, 1.54) is 23.8 Å². The van der Waals surface area contributed by atoms with Gasteiger partial charge < -0.3 is 9.30 Å². The molecule has 0 aliphatic rings. The number of hydrogen-bond donors (Lipinski definition) is 0. The van der Waals surface area contributed by atoms with Crippen molar-refractivity contribution in [3.05, 3.63) is 60.8 Å². The SMILES string of the molecule is COC(=O)Cn1c(=NC(=O)c2cc(Cl)ccc2Cl)sc2cc(Cl)cc(Cl)c21. The second-order valence-corrected chi connectivity index (χ2v) is 8.02. The number of thiazole rings is 1. The van der Waals surface area contributed by atoms with Gasteiger partial charge in [0.2, 0.25) is 0 Å². The third kappa shape index (κ3) is 4.31. The Morgan fingerprint density at radius 1 is 1.07 bits per heavy atom. The number of methoxy groups -OCH3 is 1. The molecule has 0 saturated heterocycles. The van der Waals surface area contributed by atoms with Gasteiger partial charge in [0.05, 0.1) is 32.9 Å². The fourth-order valence-electron chi connectivity index (χ4n) is 2.36. The van der Waals surface area contributed by atoms with Crippen LogP contribution in [0.25, 0.3) is 10.2 Å². The van der Waals surface area contributed by atoms with Crippen LogP contribution in [0.4, 0.5) is 0 Å². The molecule has 0 aliphatic heterocycles. The van der Waals surface area contributed by atoms with E-state index in [2.05, 4.69) is 4.99 Å². The number of amides is 1. The number of aromatic nitrogens is 1. The summed E-state index contributed by atoms with van der Waals surface area (Å²) in [5, 5.41) is 1.32. The van der Waals surface area contributed by atoms with Gasteiger partial charge in [0.15, 0.2) is 4.80 Å². The van der Waals surface area contributed by atoms with E-state index in [1.807, 2.05) is 0 Å². The molecule has 0 radical (unpaired) electrons. The number of carbonyl (C=O) groups is 2. The number of fused-ring (bicyclic) bond motifs is 1. The molecular formula is C17H10Cl4N2O3S. The summed E-state index contributed by atoms with van der Waals surface area (Å²) < 4.78 is 6.89. The topological polar surface area (TPSA) is 60.7 Å². The molecule has 5 nitrogen and oxygen atoms in total. The Hall–Kier alpha value is -1.57. The van der Waals surface area contributed by atoms with E-state index in [-0.39, 0.29) is 21.9 Å². The van der Waals surface area contributed by atoms with Crippen LogP contribution in [0.1, 0.15) is 10.4 Å². The molecule has 2 aromatic carbocycles. The van der Waals surface area contributed by atoms with Gasteiger partial charge in [-0.3, -0.25) is 9.59 Å². The van der Waals surface area contributed by atoms with Gasteiger partial charge in [0.25, 0.3) is 5.91 Å². The summed E-state index contributed by atoms with van der Waals surface area (Å²) in [6.45, 7) is -0.173. The summed E-state index contributed by atoms with van der Waals surface area (Å²) in [5.74, 6) is -1.12. The smallest absolute Gasteiger partial charge is 0.325 e. The summed E-state index contributed by atoms with van der Waals surface area (Å²) in [4.78, 5) is 28.8. The zero-order valence-corrected chi connectivity index (χ0v) is 17.5. The maximum Gasteiger partial charge on any atom is 0.325 e. The first-order valence-corrected chi connectivity index (χ1v) is 9.72. The average molecular weight is 464 g/mol. The number of hydrogen-bond acceptors (Lipinski definition) is 4. The molecular weight excluding hydrogens is 454 g/mol. The van der Waals surface area contributed by atoms with Crippen molar-refractivity contribution in [2.24, 2.45) is 4.99 Å². The minimum atomic E-state index is -0.602. The van der Waals surface area contributed by atoms with Crippen LogP contribution in [-0.4, -0.2) is 23.6 Å². The number of halogens is 4. The first-order chi connectivity index (χ1) is 12.8. The van der Waals surface area contributed by atoms with Crippen molar-refractivity contribution in [2.45, 2.75) is 6.54 Å². The lowest BCUT2D eigenvalue weighted by Gasteiger charge is -2.05. The van der Waals surface area contributed by atoms with Gasteiger partial charge in [-0.05, 0) is 30.3 Å². The van der Waals surface area contributed by atoms with Gasteiger partial charge in [-0.1, -0.05) is 57.7 Å². The first kappa shape index (κ1) is 20.2.